The molecule has 2 rings (SSSR count). The number of hydrogen-bond acceptors (Lipinski definition) is 3. The normalized spacial score (nSPS) is 18.7. The summed E-state index contributed by atoms with van der Waals surface area (Å²) in [5.74, 6) is 0.175. The van der Waals surface area contributed by atoms with Crippen molar-refractivity contribution < 1.29 is 9.90 Å². The highest BCUT2D eigenvalue weighted by Crippen LogP contribution is 2.24. The molecule has 1 heterocycles. The average molecular weight is 313 g/mol. The van der Waals surface area contributed by atoms with Gasteiger partial charge in [0.1, 0.15) is 0 Å². The fourth-order valence-electron chi connectivity index (χ4n) is 2.89. The van der Waals surface area contributed by atoms with E-state index in [1.165, 1.54) is 0 Å². The third-order valence-corrected chi connectivity index (χ3v) is 4.27. The molecule has 2 atom stereocenters. The molecule has 2 unspecified atom stereocenters. The van der Waals surface area contributed by atoms with Crippen LogP contribution in [0.2, 0.25) is 0 Å². The standard InChI is InChI=1S/C16H24N2O2.ClH/c1-12(19)13-7-9-18(10-8-13)16(20)15(11-17)14-5-3-2-4-6-14;/h2-6,12-13,15,19H,7-11,17H2,1H3;1H. The van der Waals surface area contributed by atoms with Crippen LogP contribution in [0.1, 0.15) is 31.2 Å². The molecule has 0 aromatic heterocycles. The summed E-state index contributed by atoms with van der Waals surface area (Å²) in [5.41, 5.74) is 6.78. The van der Waals surface area contributed by atoms with Crippen molar-refractivity contribution in [3.8, 4) is 0 Å². The highest BCUT2D eigenvalue weighted by atomic mass is 35.5. The molecule has 1 aliphatic heterocycles. The lowest BCUT2D eigenvalue weighted by Gasteiger charge is -2.35. The Kier molecular flexibility index (Phi) is 7.15. The summed E-state index contributed by atoms with van der Waals surface area (Å²) in [7, 11) is 0. The van der Waals surface area contributed by atoms with E-state index >= 15 is 0 Å². The van der Waals surface area contributed by atoms with E-state index in [1.54, 1.807) is 0 Å². The average Bonchev–Trinajstić information content (AvgIpc) is 2.49. The van der Waals surface area contributed by atoms with Gasteiger partial charge in [-0.2, -0.15) is 0 Å². The monoisotopic (exact) mass is 312 g/mol. The summed E-state index contributed by atoms with van der Waals surface area (Å²) in [6, 6.07) is 9.72. The number of aliphatic hydroxyl groups is 1. The Hall–Kier alpha value is -1.10. The van der Waals surface area contributed by atoms with Crippen LogP contribution in [0.3, 0.4) is 0 Å². The van der Waals surface area contributed by atoms with Crippen LogP contribution >= 0.6 is 12.4 Å². The van der Waals surface area contributed by atoms with Gasteiger partial charge in [-0.1, -0.05) is 30.3 Å². The molecule has 1 fully saturated rings. The molecule has 0 bridgehead atoms. The van der Waals surface area contributed by atoms with Gasteiger partial charge >= 0.3 is 0 Å². The van der Waals surface area contributed by atoms with Gasteiger partial charge in [0.05, 0.1) is 12.0 Å². The van der Waals surface area contributed by atoms with E-state index in [2.05, 4.69) is 0 Å². The second kappa shape index (κ2) is 8.37. The second-order valence-electron chi connectivity index (χ2n) is 5.60. The Bertz CT molecular complexity index is 431. The van der Waals surface area contributed by atoms with Crippen LogP contribution in [-0.4, -0.2) is 41.7 Å². The van der Waals surface area contributed by atoms with Gasteiger partial charge in [0.25, 0.3) is 0 Å². The van der Waals surface area contributed by atoms with Gasteiger partial charge in [-0.25, -0.2) is 0 Å². The highest BCUT2D eigenvalue weighted by Gasteiger charge is 2.29. The van der Waals surface area contributed by atoms with Crippen molar-refractivity contribution in [2.45, 2.75) is 31.8 Å². The van der Waals surface area contributed by atoms with Crippen LogP contribution < -0.4 is 5.73 Å². The topological polar surface area (TPSA) is 66.6 Å². The van der Waals surface area contributed by atoms with Crippen molar-refractivity contribution in [3.63, 3.8) is 0 Å². The fraction of sp³-hybridized carbons (Fsp3) is 0.562. The first-order chi connectivity index (χ1) is 9.63. The van der Waals surface area contributed by atoms with Crippen molar-refractivity contribution in [1.82, 2.24) is 4.90 Å². The number of carbonyl (C=O) groups is 1. The summed E-state index contributed by atoms with van der Waals surface area (Å²) < 4.78 is 0. The number of carbonyl (C=O) groups excluding carboxylic acids is 1. The first kappa shape index (κ1) is 18.0. The molecule has 5 heteroatoms. The van der Waals surface area contributed by atoms with Gasteiger partial charge in [-0.15, -0.1) is 12.4 Å². The van der Waals surface area contributed by atoms with Gasteiger partial charge < -0.3 is 15.7 Å². The molecule has 1 saturated heterocycles. The molecular weight excluding hydrogens is 288 g/mol. The Morgan fingerprint density at radius 1 is 1.33 bits per heavy atom. The highest BCUT2D eigenvalue weighted by molar-refractivity contribution is 5.85. The summed E-state index contributed by atoms with van der Waals surface area (Å²) in [6.07, 6.45) is 1.46. The number of nitrogens with two attached hydrogens (primary N) is 1. The zero-order valence-corrected chi connectivity index (χ0v) is 13.3. The molecule has 0 saturated carbocycles. The molecule has 0 aliphatic carbocycles. The minimum atomic E-state index is -0.285. The Labute approximate surface area is 132 Å². The van der Waals surface area contributed by atoms with Crippen LogP contribution in [0, 0.1) is 5.92 Å². The van der Waals surface area contributed by atoms with E-state index in [1.807, 2.05) is 42.2 Å². The number of benzene rings is 1. The van der Waals surface area contributed by atoms with E-state index < -0.39 is 0 Å². The number of likely N-dealkylation sites (tertiary alicyclic amines) is 1. The zero-order valence-electron chi connectivity index (χ0n) is 12.4. The number of hydrogen-bond donors (Lipinski definition) is 2. The summed E-state index contributed by atoms with van der Waals surface area (Å²) >= 11 is 0. The minimum absolute atomic E-state index is 0. The Morgan fingerprint density at radius 2 is 1.90 bits per heavy atom. The van der Waals surface area contributed by atoms with Crippen LogP contribution in [0.15, 0.2) is 30.3 Å². The molecule has 118 valence electrons. The van der Waals surface area contributed by atoms with Gasteiger partial charge in [-0.3, -0.25) is 4.79 Å². The third-order valence-electron chi connectivity index (χ3n) is 4.27. The molecule has 1 aromatic carbocycles. The lowest BCUT2D eigenvalue weighted by molar-refractivity contribution is -0.134. The zero-order chi connectivity index (χ0) is 14.5. The molecule has 0 spiro atoms. The maximum atomic E-state index is 12.6. The van der Waals surface area contributed by atoms with Gasteiger partial charge in [0.2, 0.25) is 5.91 Å². The van der Waals surface area contributed by atoms with Crippen molar-refractivity contribution >= 4 is 18.3 Å². The van der Waals surface area contributed by atoms with Gasteiger partial charge in [0, 0.05) is 19.6 Å². The van der Waals surface area contributed by atoms with E-state index in [0.29, 0.717) is 12.5 Å². The van der Waals surface area contributed by atoms with E-state index in [9.17, 15) is 9.90 Å². The largest absolute Gasteiger partial charge is 0.393 e. The van der Waals surface area contributed by atoms with E-state index in [0.717, 1.165) is 31.5 Å². The lowest BCUT2D eigenvalue weighted by atomic mass is 9.90. The summed E-state index contributed by atoms with van der Waals surface area (Å²) in [6.45, 7) is 3.60. The Balaban J connectivity index is 0.00000220. The number of piperidine rings is 1. The van der Waals surface area contributed by atoms with E-state index in [4.69, 9.17) is 5.73 Å². The molecule has 1 aromatic rings. The third kappa shape index (κ3) is 4.43. The predicted octanol–water partition coefficient (Wildman–Crippen LogP) is 1.77. The van der Waals surface area contributed by atoms with Crippen molar-refractivity contribution in [3.05, 3.63) is 35.9 Å². The minimum Gasteiger partial charge on any atom is -0.393 e. The number of amides is 1. The molecule has 1 aliphatic rings. The SMILES string of the molecule is CC(O)C1CCN(C(=O)C(CN)c2ccccc2)CC1.Cl. The number of rotatable bonds is 4. The van der Waals surface area contributed by atoms with Crippen molar-refractivity contribution in [1.29, 1.82) is 0 Å². The number of aliphatic hydroxyl groups excluding tert-OH is 1. The maximum Gasteiger partial charge on any atom is 0.231 e. The first-order valence-corrected chi connectivity index (χ1v) is 7.35. The van der Waals surface area contributed by atoms with Crippen LogP contribution in [-0.2, 0) is 4.79 Å². The number of nitrogens with zero attached hydrogens (tertiary/aromatic N) is 1. The van der Waals surface area contributed by atoms with Gasteiger partial charge in [-0.05, 0) is 31.2 Å². The van der Waals surface area contributed by atoms with Crippen molar-refractivity contribution in [2.75, 3.05) is 19.6 Å². The van der Waals surface area contributed by atoms with Crippen LogP contribution in [0.4, 0.5) is 0 Å². The quantitative estimate of drug-likeness (QED) is 0.890. The van der Waals surface area contributed by atoms with Crippen LogP contribution in [0.5, 0.6) is 0 Å². The first-order valence-electron chi connectivity index (χ1n) is 7.35. The molecular formula is C16H25ClN2O2. The maximum absolute atomic E-state index is 12.6. The molecule has 21 heavy (non-hydrogen) atoms. The Morgan fingerprint density at radius 3 is 2.38 bits per heavy atom. The molecule has 4 nitrogen and oxygen atoms in total. The van der Waals surface area contributed by atoms with Crippen LogP contribution in [0.25, 0.3) is 0 Å². The van der Waals surface area contributed by atoms with Crippen molar-refractivity contribution in [2.24, 2.45) is 11.7 Å². The second-order valence-corrected chi connectivity index (χ2v) is 5.60. The molecule has 0 radical (unpaired) electrons. The lowest BCUT2D eigenvalue weighted by Crippen LogP contribution is -2.44. The predicted molar refractivity (Wildman–Crippen MR) is 86.5 cm³/mol. The summed E-state index contributed by atoms with van der Waals surface area (Å²) in [4.78, 5) is 14.5. The number of halogens is 1. The summed E-state index contributed by atoms with van der Waals surface area (Å²) in [5, 5.41) is 9.61. The fourth-order valence-corrected chi connectivity index (χ4v) is 2.89. The molecule has 3 N–H and O–H groups in total. The van der Waals surface area contributed by atoms with E-state index in [-0.39, 0.29) is 30.3 Å². The van der Waals surface area contributed by atoms with Gasteiger partial charge in [0.15, 0.2) is 0 Å². The smallest absolute Gasteiger partial charge is 0.231 e. The molecule has 1 amide bonds.